The molecule has 8 heteroatoms. The Morgan fingerprint density at radius 3 is 2.22 bits per heavy atom. The average molecular weight is 671 g/mol. The highest BCUT2D eigenvalue weighted by Crippen LogP contribution is 2.45. The van der Waals surface area contributed by atoms with Crippen LogP contribution in [0, 0.1) is 11.3 Å². The Balaban J connectivity index is 0.880. The van der Waals surface area contributed by atoms with Crippen molar-refractivity contribution in [3.8, 4) is 17.0 Å². The number of piperidine rings is 2. The molecular formula is C42H50N6O2. The first kappa shape index (κ1) is 32.8. The number of likely N-dealkylation sites (tertiary alicyclic amines) is 2. The summed E-state index contributed by atoms with van der Waals surface area (Å²) in [6.45, 7) is 10.3. The molecule has 4 saturated heterocycles. The van der Waals surface area contributed by atoms with Crippen molar-refractivity contribution in [3.05, 3.63) is 103 Å². The number of amides is 1. The number of benzene rings is 3. The standard InChI is InChI=1S/C42H50N6O2/c1-32(26-33-16-21-47(29-33)35-12-6-3-7-13-35)48-30-41(31-48)17-22-46(23-18-41)40(50)42(34-10-4-2-5-11-34)19-24-45(25-20-42)36-27-38(44-43-28-36)37-14-8-9-15-39(37)49/h2-15,27-28,32-33,49H,16-26,29-31H2,1H3/t32-,33?/m0/s1. The normalized spacial score (nSPS) is 22.3. The third-order valence-electron chi connectivity index (χ3n) is 12.4. The molecule has 260 valence electrons. The Morgan fingerprint density at radius 1 is 0.820 bits per heavy atom. The van der Waals surface area contributed by atoms with E-state index in [-0.39, 0.29) is 5.75 Å². The summed E-state index contributed by atoms with van der Waals surface area (Å²) in [6.07, 6.45) is 8.05. The first-order valence-electron chi connectivity index (χ1n) is 18.7. The molecule has 8 rings (SSSR count). The molecule has 1 N–H and O–H groups in total. The van der Waals surface area contributed by atoms with Gasteiger partial charge in [0.25, 0.3) is 0 Å². The SMILES string of the molecule is C[C@@H](CC1CCN(c2ccccc2)C1)N1CC2(CCN(C(=O)C3(c4ccccc4)CCN(c4cnnc(-c5ccccc5O)c4)CC3)CC2)C1. The number of para-hydroxylation sites is 2. The molecule has 4 fully saturated rings. The molecule has 3 aromatic carbocycles. The third-order valence-corrected chi connectivity index (χ3v) is 12.4. The highest BCUT2D eigenvalue weighted by molar-refractivity contribution is 5.89. The lowest BCUT2D eigenvalue weighted by Gasteiger charge is -2.57. The quantitative estimate of drug-likeness (QED) is 0.226. The minimum atomic E-state index is -0.529. The van der Waals surface area contributed by atoms with Gasteiger partial charge in [-0.15, -0.1) is 0 Å². The summed E-state index contributed by atoms with van der Waals surface area (Å²) in [5.74, 6) is 1.25. The summed E-state index contributed by atoms with van der Waals surface area (Å²) in [6, 6.07) is 31.2. The Hall–Kier alpha value is -4.43. The molecule has 2 atom stereocenters. The van der Waals surface area contributed by atoms with Crippen molar-refractivity contribution in [2.24, 2.45) is 11.3 Å². The van der Waals surface area contributed by atoms with Crippen molar-refractivity contribution >= 4 is 17.3 Å². The van der Waals surface area contributed by atoms with E-state index in [0.29, 0.717) is 28.6 Å². The maximum absolute atomic E-state index is 14.7. The van der Waals surface area contributed by atoms with Crippen LogP contribution in [0.2, 0.25) is 0 Å². The number of hydrogen-bond acceptors (Lipinski definition) is 7. The largest absolute Gasteiger partial charge is 0.507 e. The van der Waals surface area contributed by atoms with E-state index in [1.165, 1.54) is 44.7 Å². The lowest BCUT2D eigenvalue weighted by molar-refractivity contribution is -0.144. The smallest absolute Gasteiger partial charge is 0.233 e. The van der Waals surface area contributed by atoms with Crippen LogP contribution in [0.3, 0.4) is 0 Å². The topological polar surface area (TPSA) is 76.0 Å². The van der Waals surface area contributed by atoms with E-state index in [2.05, 4.69) is 91.3 Å². The molecule has 1 spiro atoms. The predicted molar refractivity (Wildman–Crippen MR) is 199 cm³/mol. The monoisotopic (exact) mass is 670 g/mol. The molecule has 8 nitrogen and oxygen atoms in total. The van der Waals surface area contributed by atoms with Crippen molar-refractivity contribution in [2.45, 2.75) is 56.9 Å². The first-order chi connectivity index (χ1) is 24.4. The van der Waals surface area contributed by atoms with Gasteiger partial charge in [-0.1, -0.05) is 60.7 Å². The first-order valence-corrected chi connectivity index (χ1v) is 18.7. The van der Waals surface area contributed by atoms with Gasteiger partial charge in [0.1, 0.15) is 5.75 Å². The van der Waals surface area contributed by atoms with E-state index in [1.807, 2.05) is 30.3 Å². The van der Waals surface area contributed by atoms with E-state index >= 15 is 0 Å². The van der Waals surface area contributed by atoms with Crippen LogP contribution in [-0.4, -0.2) is 89.4 Å². The number of phenols is 1. The summed E-state index contributed by atoms with van der Waals surface area (Å²) in [4.78, 5) is 24.4. The van der Waals surface area contributed by atoms with Gasteiger partial charge in [-0.2, -0.15) is 10.2 Å². The van der Waals surface area contributed by atoms with E-state index in [1.54, 1.807) is 12.3 Å². The van der Waals surface area contributed by atoms with Crippen molar-refractivity contribution in [1.82, 2.24) is 20.0 Å². The van der Waals surface area contributed by atoms with Gasteiger partial charge >= 0.3 is 0 Å². The van der Waals surface area contributed by atoms with Gasteiger partial charge in [0.05, 0.1) is 23.0 Å². The van der Waals surface area contributed by atoms with Crippen LogP contribution in [0.5, 0.6) is 5.75 Å². The molecule has 0 bridgehead atoms. The van der Waals surface area contributed by atoms with Gasteiger partial charge in [-0.05, 0) is 92.7 Å². The zero-order chi connectivity index (χ0) is 34.1. The van der Waals surface area contributed by atoms with Crippen LogP contribution >= 0.6 is 0 Å². The number of aromatic nitrogens is 2. The highest BCUT2D eigenvalue weighted by atomic mass is 16.3. The number of hydrogen-bond donors (Lipinski definition) is 1. The van der Waals surface area contributed by atoms with Crippen LogP contribution in [0.25, 0.3) is 11.3 Å². The van der Waals surface area contributed by atoms with Crippen LogP contribution in [0.1, 0.15) is 51.0 Å². The van der Waals surface area contributed by atoms with E-state index in [9.17, 15) is 9.90 Å². The molecule has 50 heavy (non-hydrogen) atoms. The number of nitrogens with zero attached hydrogens (tertiary/aromatic N) is 6. The molecule has 1 amide bonds. The molecule has 0 radical (unpaired) electrons. The summed E-state index contributed by atoms with van der Waals surface area (Å²) in [5.41, 5.74) is 4.61. The van der Waals surface area contributed by atoms with E-state index < -0.39 is 5.41 Å². The maximum atomic E-state index is 14.7. The number of carbonyl (C=O) groups is 1. The zero-order valence-corrected chi connectivity index (χ0v) is 29.3. The van der Waals surface area contributed by atoms with E-state index in [0.717, 1.165) is 69.0 Å². The third kappa shape index (κ3) is 6.34. The van der Waals surface area contributed by atoms with Gasteiger partial charge in [0.2, 0.25) is 5.91 Å². The Bertz CT molecular complexity index is 1760. The fourth-order valence-electron chi connectivity index (χ4n) is 9.34. The molecule has 4 aliphatic heterocycles. The maximum Gasteiger partial charge on any atom is 0.233 e. The van der Waals surface area contributed by atoms with Crippen molar-refractivity contribution in [3.63, 3.8) is 0 Å². The summed E-state index contributed by atoms with van der Waals surface area (Å²) >= 11 is 0. The number of anilines is 2. The molecule has 4 aliphatic rings. The lowest BCUT2D eigenvalue weighted by atomic mass is 9.68. The zero-order valence-electron chi connectivity index (χ0n) is 29.3. The number of carbonyl (C=O) groups excluding carboxylic acids is 1. The van der Waals surface area contributed by atoms with Crippen LogP contribution in [0.4, 0.5) is 11.4 Å². The van der Waals surface area contributed by atoms with Gasteiger partial charge in [-0.25, -0.2) is 0 Å². The summed E-state index contributed by atoms with van der Waals surface area (Å²) in [5, 5.41) is 19.0. The fraction of sp³-hybridized carbons (Fsp3) is 0.452. The Morgan fingerprint density at radius 2 is 1.50 bits per heavy atom. The molecular weight excluding hydrogens is 621 g/mol. The van der Waals surface area contributed by atoms with Gasteiger partial charge < -0.3 is 19.8 Å². The molecule has 1 aromatic heterocycles. The second-order valence-electron chi connectivity index (χ2n) is 15.5. The average Bonchev–Trinajstić information content (AvgIpc) is 3.63. The molecule has 4 aromatic rings. The minimum absolute atomic E-state index is 0.193. The second kappa shape index (κ2) is 13.7. The molecule has 0 aliphatic carbocycles. The second-order valence-corrected chi connectivity index (χ2v) is 15.5. The molecule has 5 heterocycles. The van der Waals surface area contributed by atoms with Gasteiger partial charge in [0, 0.05) is 69.7 Å². The van der Waals surface area contributed by atoms with Crippen molar-refractivity contribution < 1.29 is 9.90 Å². The number of phenolic OH excluding ortho intramolecular Hbond substituents is 1. The lowest BCUT2D eigenvalue weighted by Crippen LogP contribution is -2.64. The highest BCUT2D eigenvalue weighted by Gasteiger charge is 2.50. The number of rotatable bonds is 8. The van der Waals surface area contributed by atoms with Crippen LogP contribution < -0.4 is 9.80 Å². The van der Waals surface area contributed by atoms with Crippen molar-refractivity contribution in [1.29, 1.82) is 0 Å². The van der Waals surface area contributed by atoms with Gasteiger partial charge in [-0.3, -0.25) is 9.69 Å². The minimum Gasteiger partial charge on any atom is -0.507 e. The fourth-order valence-corrected chi connectivity index (χ4v) is 9.34. The summed E-state index contributed by atoms with van der Waals surface area (Å²) < 4.78 is 0. The predicted octanol–water partition coefficient (Wildman–Crippen LogP) is 6.62. The Labute approximate surface area is 296 Å². The van der Waals surface area contributed by atoms with Crippen molar-refractivity contribution in [2.75, 3.05) is 62.2 Å². The Kier molecular flexibility index (Phi) is 8.98. The van der Waals surface area contributed by atoms with E-state index in [4.69, 9.17) is 0 Å². The molecule has 0 saturated carbocycles. The van der Waals surface area contributed by atoms with Gasteiger partial charge in [0.15, 0.2) is 0 Å². The van der Waals surface area contributed by atoms with Crippen LogP contribution in [0.15, 0.2) is 97.2 Å². The molecule has 1 unspecified atom stereocenters. The van der Waals surface area contributed by atoms with Crippen LogP contribution in [-0.2, 0) is 10.2 Å². The summed E-state index contributed by atoms with van der Waals surface area (Å²) in [7, 11) is 0. The number of aromatic hydroxyl groups is 1.